The van der Waals surface area contributed by atoms with E-state index in [2.05, 4.69) is 39.4 Å². The minimum absolute atomic E-state index is 0.159. The van der Waals surface area contributed by atoms with Gasteiger partial charge >= 0.3 is 6.18 Å². The number of nitrogens with zero attached hydrogens (tertiary/aromatic N) is 5. The molecule has 2 aromatic carbocycles. The largest absolute Gasteiger partial charge is 0.461 e. The Morgan fingerprint density at radius 2 is 1.76 bits per heavy atom. The van der Waals surface area contributed by atoms with Gasteiger partial charge in [0.25, 0.3) is 0 Å². The SMILES string of the molecule is O=C(CCCCSc1nnc(-c2ccco2)n1-c1cccc(C(F)(F)F)c1)N1CCN(C/C=C/c2ccccc2)CC1. The molecule has 0 N–H and O–H groups in total. The van der Waals surface area contributed by atoms with Gasteiger partial charge in [-0.25, -0.2) is 0 Å². The number of aromatic nitrogens is 3. The van der Waals surface area contributed by atoms with Gasteiger partial charge in [0.05, 0.1) is 17.5 Å². The first-order chi connectivity index (χ1) is 20.4. The Bertz CT molecular complexity index is 1460. The molecule has 0 aliphatic carbocycles. The first kappa shape index (κ1) is 29.7. The van der Waals surface area contributed by atoms with Gasteiger partial charge in [-0.2, -0.15) is 13.2 Å². The van der Waals surface area contributed by atoms with Crippen molar-refractivity contribution < 1.29 is 22.4 Å². The second-order valence-electron chi connectivity index (χ2n) is 9.97. The molecule has 0 bridgehead atoms. The van der Waals surface area contributed by atoms with Crippen LogP contribution in [0.4, 0.5) is 13.2 Å². The fourth-order valence-corrected chi connectivity index (χ4v) is 5.72. The number of furan rings is 1. The molecule has 3 heterocycles. The van der Waals surface area contributed by atoms with Crippen LogP contribution in [0.3, 0.4) is 0 Å². The summed E-state index contributed by atoms with van der Waals surface area (Å²) >= 11 is 1.40. The molecule has 42 heavy (non-hydrogen) atoms. The highest BCUT2D eigenvalue weighted by Gasteiger charge is 2.31. The average molecular weight is 596 g/mol. The van der Waals surface area contributed by atoms with Crippen LogP contribution in [0.5, 0.6) is 0 Å². The van der Waals surface area contributed by atoms with Gasteiger partial charge < -0.3 is 9.32 Å². The Kier molecular flexibility index (Phi) is 9.81. The van der Waals surface area contributed by atoms with Crippen LogP contribution in [-0.4, -0.2) is 68.9 Å². The van der Waals surface area contributed by atoms with E-state index in [4.69, 9.17) is 4.42 Å². The number of carbonyl (C=O) groups excluding carboxylic acids is 1. The zero-order valence-electron chi connectivity index (χ0n) is 23.0. The number of piperazine rings is 1. The van der Waals surface area contributed by atoms with Crippen LogP contribution >= 0.6 is 11.8 Å². The van der Waals surface area contributed by atoms with Crippen LogP contribution in [0, 0.1) is 0 Å². The molecule has 5 rings (SSSR count). The van der Waals surface area contributed by atoms with E-state index >= 15 is 0 Å². The van der Waals surface area contributed by atoms with Gasteiger partial charge in [0.15, 0.2) is 10.9 Å². The summed E-state index contributed by atoms with van der Waals surface area (Å²) in [4.78, 5) is 17.1. The number of benzene rings is 2. The van der Waals surface area contributed by atoms with Crippen LogP contribution in [0.25, 0.3) is 23.3 Å². The standard InChI is InChI=1S/C31H32F3N5O2S/c32-31(33,34)25-12-6-13-26(23-25)39-29(27-14-8-21-41-27)35-36-30(39)42-22-5-4-15-28(40)38-19-17-37(18-20-38)16-7-11-24-9-2-1-3-10-24/h1-3,6-14,21,23H,4-5,15-20,22H2/b11-7+. The number of alkyl halides is 3. The predicted molar refractivity (Wildman–Crippen MR) is 157 cm³/mol. The summed E-state index contributed by atoms with van der Waals surface area (Å²) in [6.07, 6.45) is 3.23. The van der Waals surface area contributed by atoms with E-state index in [1.54, 1.807) is 22.8 Å². The molecule has 11 heteroatoms. The van der Waals surface area contributed by atoms with Crippen molar-refractivity contribution in [3.8, 4) is 17.3 Å². The minimum atomic E-state index is -4.47. The van der Waals surface area contributed by atoms with Gasteiger partial charge in [0.2, 0.25) is 11.7 Å². The first-order valence-electron chi connectivity index (χ1n) is 13.9. The molecule has 1 amide bonds. The number of rotatable bonds is 11. The van der Waals surface area contributed by atoms with E-state index in [0.29, 0.717) is 41.0 Å². The Morgan fingerprint density at radius 1 is 0.952 bits per heavy atom. The first-order valence-corrected chi connectivity index (χ1v) is 14.9. The number of hydrogen-bond acceptors (Lipinski definition) is 6. The van der Waals surface area contributed by atoms with Gasteiger partial charge in [-0.1, -0.05) is 60.3 Å². The summed E-state index contributed by atoms with van der Waals surface area (Å²) in [5.74, 6) is 1.53. The third-order valence-corrected chi connectivity index (χ3v) is 8.04. The summed E-state index contributed by atoms with van der Waals surface area (Å²) in [7, 11) is 0. The van der Waals surface area contributed by atoms with Crippen molar-refractivity contribution in [1.29, 1.82) is 0 Å². The van der Waals surface area contributed by atoms with Gasteiger partial charge in [-0.15, -0.1) is 10.2 Å². The highest BCUT2D eigenvalue weighted by atomic mass is 32.2. The van der Waals surface area contributed by atoms with Crippen LogP contribution < -0.4 is 0 Å². The topological polar surface area (TPSA) is 67.4 Å². The van der Waals surface area contributed by atoms with E-state index in [0.717, 1.165) is 51.3 Å². The number of unbranched alkanes of at least 4 members (excludes halogenated alkanes) is 1. The fourth-order valence-electron chi connectivity index (χ4n) is 4.76. The molecule has 0 spiro atoms. The van der Waals surface area contributed by atoms with E-state index in [-0.39, 0.29) is 5.91 Å². The number of carbonyl (C=O) groups is 1. The van der Waals surface area contributed by atoms with E-state index in [1.165, 1.54) is 29.7 Å². The van der Waals surface area contributed by atoms with Crippen molar-refractivity contribution >= 4 is 23.7 Å². The molecule has 220 valence electrons. The van der Waals surface area contributed by atoms with E-state index < -0.39 is 11.7 Å². The number of halogens is 3. The lowest BCUT2D eigenvalue weighted by molar-refractivity contribution is -0.137. The predicted octanol–water partition coefficient (Wildman–Crippen LogP) is 6.67. The molecular formula is C31H32F3N5O2S. The molecule has 0 unspecified atom stereocenters. The molecule has 7 nitrogen and oxygen atoms in total. The summed E-state index contributed by atoms with van der Waals surface area (Å²) in [5, 5.41) is 8.91. The second kappa shape index (κ2) is 13.9. The molecule has 1 saturated heterocycles. The zero-order valence-corrected chi connectivity index (χ0v) is 23.9. The third kappa shape index (κ3) is 7.71. The molecule has 1 aliphatic heterocycles. The van der Waals surface area contributed by atoms with Gasteiger partial charge in [-0.05, 0) is 48.7 Å². The summed E-state index contributed by atoms with van der Waals surface area (Å²) < 4.78 is 47.2. The van der Waals surface area contributed by atoms with Crippen molar-refractivity contribution in [3.63, 3.8) is 0 Å². The zero-order chi connectivity index (χ0) is 29.4. The molecule has 0 atom stereocenters. The Labute approximate surface area is 247 Å². The average Bonchev–Trinajstić information content (AvgIpc) is 3.68. The molecule has 0 radical (unpaired) electrons. The minimum Gasteiger partial charge on any atom is -0.461 e. The van der Waals surface area contributed by atoms with Crippen LogP contribution in [0.1, 0.15) is 30.4 Å². The van der Waals surface area contributed by atoms with Crippen LogP contribution in [-0.2, 0) is 11.0 Å². The Hall–Kier alpha value is -3.83. The quantitative estimate of drug-likeness (QED) is 0.143. The maximum atomic E-state index is 13.4. The Balaban J connectivity index is 1.10. The van der Waals surface area contributed by atoms with Gasteiger partial charge in [0, 0.05) is 44.9 Å². The maximum Gasteiger partial charge on any atom is 0.416 e. The maximum absolute atomic E-state index is 13.4. The fraction of sp³-hybridized carbons (Fsp3) is 0.323. The molecule has 1 aliphatic rings. The normalized spacial score (nSPS) is 14.6. The van der Waals surface area contributed by atoms with Crippen LogP contribution in [0.2, 0.25) is 0 Å². The van der Waals surface area contributed by atoms with Crippen molar-refractivity contribution in [2.45, 2.75) is 30.6 Å². The van der Waals surface area contributed by atoms with Crippen molar-refractivity contribution in [2.75, 3.05) is 38.5 Å². The molecular weight excluding hydrogens is 563 g/mol. The van der Waals surface area contributed by atoms with Crippen LogP contribution in [0.15, 0.2) is 88.6 Å². The monoisotopic (exact) mass is 595 g/mol. The molecule has 4 aromatic rings. The number of thioether (sulfide) groups is 1. The molecule has 0 saturated carbocycles. The lowest BCUT2D eigenvalue weighted by atomic mass is 10.2. The highest BCUT2D eigenvalue weighted by molar-refractivity contribution is 7.99. The van der Waals surface area contributed by atoms with E-state index in [1.807, 2.05) is 23.1 Å². The third-order valence-electron chi connectivity index (χ3n) is 7.02. The molecule has 1 fully saturated rings. The summed E-state index contributed by atoms with van der Waals surface area (Å²) in [5.41, 5.74) is 0.727. The van der Waals surface area contributed by atoms with E-state index in [9.17, 15) is 18.0 Å². The number of hydrogen-bond donors (Lipinski definition) is 0. The lowest BCUT2D eigenvalue weighted by Gasteiger charge is -2.34. The molecule has 2 aromatic heterocycles. The van der Waals surface area contributed by atoms with Gasteiger partial charge in [-0.3, -0.25) is 14.3 Å². The summed E-state index contributed by atoms with van der Waals surface area (Å²) in [6.45, 7) is 4.01. The summed E-state index contributed by atoms with van der Waals surface area (Å²) in [6, 6.07) is 18.6. The lowest BCUT2D eigenvalue weighted by Crippen LogP contribution is -2.48. The Morgan fingerprint density at radius 3 is 2.50 bits per heavy atom. The highest BCUT2D eigenvalue weighted by Crippen LogP contribution is 2.33. The van der Waals surface area contributed by atoms with Gasteiger partial charge in [0.1, 0.15) is 0 Å². The van der Waals surface area contributed by atoms with Crippen molar-refractivity contribution in [3.05, 3.63) is 90.2 Å². The van der Waals surface area contributed by atoms with Crippen molar-refractivity contribution in [2.24, 2.45) is 0 Å². The van der Waals surface area contributed by atoms with Crippen molar-refractivity contribution in [1.82, 2.24) is 24.6 Å². The number of amides is 1. The second-order valence-corrected chi connectivity index (χ2v) is 11.0. The smallest absolute Gasteiger partial charge is 0.416 e.